The number of aryl methyl sites for hydroxylation is 2. The Kier molecular flexibility index (Phi) is 12.4. The molecular formula is C20H35IN4O2. The number of aliphatic imine (C=N–C) groups is 1. The molecule has 1 aliphatic heterocycles. The van der Waals surface area contributed by atoms with Gasteiger partial charge in [-0.05, 0) is 31.9 Å². The topological polar surface area (TPSA) is 58.1 Å². The third kappa shape index (κ3) is 9.12. The third-order valence-electron chi connectivity index (χ3n) is 4.40. The van der Waals surface area contributed by atoms with E-state index in [1.807, 2.05) is 0 Å². The number of halogens is 1. The highest BCUT2D eigenvalue weighted by atomic mass is 127. The number of nitrogens with one attached hydrogen (secondary N) is 2. The van der Waals surface area contributed by atoms with Crippen LogP contribution in [-0.4, -0.2) is 69.9 Å². The van der Waals surface area contributed by atoms with Crippen molar-refractivity contribution in [1.82, 2.24) is 15.5 Å². The predicted molar refractivity (Wildman–Crippen MR) is 123 cm³/mol. The molecule has 1 heterocycles. The fourth-order valence-electron chi connectivity index (χ4n) is 2.96. The normalized spacial score (nSPS) is 15.1. The van der Waals surface area contributed by atoms with E-state index in [-0.39, 0.29) is 24.0 Å². The first-order chi connectivity index (χ1) is 12.7. The molecule has 7 heteroatoms. The summed E-state index contributed by atoms with van der Waals surface area (Å²) in [5.41, 5.74) is 2.37. The van der Waals surface area contributed by atoms with Crippen LogP contribution < -0.4 is 15.4 Å². The van der Waals surface area contributed by atoms with Gasteiger partial charge >= 0.3 is 0 Å². The smallest absolute Gasteiger partial charge is 0.191 e. The van der Waals surface area contributed by atoms with Crippen molar-refractivity contribution >= 4 is 29.9 Å². The molecule has 1 saturated heterocycles. The van der Waals surface area contributed by atoms with E-state index in [1.54, 1.807) is 0 Å². The van der Waals surface area contributed by atoms with E-state index < -0.39 is 0 Å². The second-order valence-corrected chi connectivity index (χ2v) is 6.56. The zero-order valence-electron chi connectivity index (χ0n) is 16.9. The van der Waals surface area contributed by atoms with Crippen molar-refractivity contribution in [2.45, 2.75) is 27.2 Å². The Bertz CT molecular complexity index is 543. The van der Waals surface area contributed by atoms with Crippen molar-refractivity contribution in [2.75, 3.05) is 59.1 Å². The van der Waals surface area contributed by atoms with Gasteiger partial charge in [0.05, 0.1) is 19.8 Å². The molecule has 6 nitrogen and oxygen atoms in total. The minimum absolute atomic E-state index is 0. The van der Waals surface area contributed by atoms with Crippen LogP contribution in [0.1, 0.15) is 24.5 Å². The lowest BCUT2D eigenvalue weighted by Crippen LogP contribution is -2.44. The van der Waals surface area contributed by atoms with Crippen molar-refractivity contribution < 1.29 is 9.47 Å². The maximum absolute atomic E-state index is 5.94. The zero-order valence-corrected chi connectivity index (χ0v) is 19.3. The fraction of sp³-hybridized carbons (Fsp3) is 0.650. The molecule has 0 radical (unpaired) electrons. The summed E-state index contributed by atoms with van der Waals surface area (Å²) in [6.45, 7) is 14.2. The number of para-hydroxylation sites is 1. The van der Waals surface area contributed by atoms with E-state index in [4.69, 9.17) is 9.47 Å². The molecule has 0 aliphatic carbocycles. The molecule has 154 valence electrons. The minimum atomic E-state index is 0. The number of hydrogen-bond acceptors (Lipinski definition) is 4. The lowest BCUT2D eigenvalue weighted by Gasteiger charge is -2.26. The molecule has 1 aromatic rings. The van der Waals surface area contributed by atoms with Crippen LogP contribution in [0.3, 0.4) is 0 Å². The number of morpholine rings is 1. The van der Waals surface area contributed by atoms with Gasteiger partial charge in [-0.15, -0.1) is 24.0 Å². The molecule has 0 aromatic heterocycles. The van der Waals surface area contributed by atoms with Gasteiger partial charge in [-0.1, -0.05) is 18.2 Å². The van der Waals surface area contributed by atoms with Gasteiger partial charge in [0.1, 0.15) is 5.75 Å². The number of rotatable bonds is 9. The highest BCUT2D eigenvalue weighted by molar-refractivity contribution is 14.0. The number of hydrogen-bond donors (Lipinski definition) is 2. The van der Waals surface area contributed by atoms with Crippen molar-refractivity contribution in [1.29, 1.82) is 0 Å². The highest BCUT2D eigenvalue weighted by Crippen LogP contribution is 2.22. The van der Waals surface area contributed by atoms with Crippen LogP contribution in [0.5, 0.6) is 5.75 Å². The first kappa shape index (κ1) is 24.0. The van der Waals surface area contributed by atoms with Crippen LogP contribution in [0.4, 0.5) is 0 Å². The van der Waals surface area contributed by atoms with E-state index in [1.165, 1.54) is 11.1 Å². The molecule has 1 fully saturated rings. The number of guanidine groups is 1. The number of benzene rings is 1. The Balaban J connectivity index is 0.00000364. The quantitative estimate of drug-likeness (QED) is 0.241. The van der Waals surface area contributed by atoms with Gasteiger partial charge in [-0.3, -0.25) is 9.89 Å². The minimum Gasteiger partial charge on any atom is -0.493 e. The lowest BCUT2D eigenvalue weighted by molar-refractivity contribution is 0.0389. The van der Waals surface area contributed by atoms with Crippen molar-refractivity contribution in [3.05, 3.63) is 29.3 Å². The number of nitrogens with zero attached hydrogens (tertiary/aromatic N) is 2. The zero-order chi connectivity index (χ0) is 18.6. The first-order valence-electron chi connectivity index (χ1n) is 9.72. The molecule has 1 aliphatic rings. The second kappa shape index (κ2) is 14.0. The van der Waals surface area contributed by atoms with Crippen LogP contribution in [0.2, 0.25) is 0 Å². The Labute approximate surface area is 181 Å². The average Bonchev–Trinajstić information content (AvgIpc) is 2.64. The Morgan fingerprint density at radius 2 is 1.89 bits per heavy atom. The van der Waals surface area contributed by atoms with E-state index in [9.17, 15) is 0 Å². The summed E-state index contributed by atoms with van der Waals surface area (Å²) in [5.74, 6) is 1.89. The van der Waals surface area contributed by atoms with E-state index in [0.29, 0.717) is 6.61 Å². The molecule has 0 saturated carbocycles. The highest BCUT2D eigenvalue weighted by Gasteiger charge is 2.09. The Hall–Kier alpha value is -1.06. The van der Waals surface area contributed by atoms with Gasteiger partial charge < -0.3 is 20.1 Å². The summed E-state index contributed by atoms with van der Waals surface area (Å²) in [6, 6.07) is 6.23. The molecule has 1 aromatic carbocycles. The molecule has 0 atom stereocenters. The van der Waals surface area contributed by atoms with Gasteiger partial charge in [0.15, 0.2) is 5.96 Å². The van der Waals surface area contributed by atoms with E-state index in [0.717, 1.165) is 70.6 Å². The number of ether oxygens (including phenoxy) is 2. The Morgan fingerprint density at radius 1 is 1.19 bits per heavy atom. The van der Waals surface area contributed by atoms with Gasteiger partial charge in [0, 0.05) is 45.7 Å². The average molecular weight is 490 g/mol. The van der Waals surface area contributed by atoms with Crippen LogP contribution >= 0.6 is 24.0 Å². The SMILES string of the molecule is CCNC(=NCCCOc1c(C)cccc1C)NCCN1CCOCC1.I. The second-order valence-electron chi connectivity index (χ2n) is 6.56. The molecule has 0 unspecified atom stereocenters. The van der Waals surface area contributed by atoms with Crippen LogP contribution in [-0.2, 0) is 4.74 Å². The maximum Gasteiger partial charge on any atom is 0.191 e. The van der Waals surface area contributed by atoms with Crippen LogP contribution in [0, 0.1) is 13.8 Å². The summed E-state index contributed by atoms with van der Waals surface area (Å²) < 4.78 is 11.3. The van der Waals surface area contributed by atoms with Gasteiger partial charge in [0.2, 0.25) is 0 Å². The summed E-state index contributed by atoms with van der Waals surface area (Å²) in [7, 11) is 0. The van der Waals surface area contributed by atoms with Crippen molar-refractivity contribution in [3.63, 3.8) is 0 Å². The molecule has 2 N–H and O–H groups in total. The Morgan fingerprint density at radius 3 is 2.56 bits per heavy atom. The van der Waals surface area contributed by atoms with E-state index >= 15 is 0 Å². The monoisotopic (exact) mass is 490 g/mol. The molecule has 0 bridgehead atoms. The predicted octanol–water partition coefficient (Wildman–Crippen LogP) is 2.58. The standard InChI is InChI=1S/C20H34N4O2.HI/c1-4-21-20(23-10-11-24-12-15-25-16-13-24)22-9-6-14-26-19-17(2)7-5-8-18(19)3;/h5,7-8H,4,6,9-16H2,1-3H3,(H2,21,22,23);1H. The summed E-state index contributed by atoms with van der Waals surface area (Å²) >= 11 is 0. The fourth-order valence-corrected chi connectivity index (χ4v) is 2.96. The maximum atomic E-state index is 5.94. The van der Waals surface area contributed by atoms with E-state index in [2.05, 4.69) is 59.5 Å². The van der Waals surface area contributed by atoms with Crippen LogP contribution in [0.25, 0.3) is 0 Å². The molecule has 0 amide bonds. The lowest BCUT2D eigenvalue weighted by atomic mass is 10.1. The summed E-state index contributed by atoms with van der Waals surface area (Å²) in [4.78, 5) is 7.06. The van der Waals surface area contributed by atoms with Crippen molar-refractivity contribution in [3.8, 4) is 5.75 Å². The molecular weight excluding hydrogens is 455 g/mol. The summed E-state index contributed by atoms with van der Waals surface area (Å²) in [6.07, 6.45) is 0.897. The molecule has 2 rings (SSSR count). The third-order valence-corrected chi connectivity index (χ3v) is 4.40. The molecule has 27 heavy (non-hydrogen) atoms. The van der Waals surface area contributed by atoms with Gasteiger partial charge in [-0.2, -0.15) is 0 Å². The van der Waals surface area contributed by atoms with Crippen LogP contribution in [0.15, 0.2) is 23.2 Å². The van der Waals surface area contributed by atoms with Crippen molar-refractivity contribution in [2.24, 2.45) is 4.99 Å². The molecule has 0 spiro atoms. The van der Waals surface area contributed by atoms with Gasteiger partial charge in [-0.25, -0.2) is 0 Å². The largest absolute Gasteiger partial charge is 0.493 e. The summed E-state index contributed by atoms with van der Waals surface area (Å²) in [5, 5.41) is 6.71. The first-order valence-corrected chi connectivity index (χ1v) is 9.72. The van der Waals surface area contributed by atoms with Gasteiger partial charge in [0.25, 0.3) is 0 Å².